The third-order valence-corrected chi connectivity index (χ3v) is 4.67. The van der Waals surface area contributed by atoms with Gasteiger partial charge in [0.05, 0.1) is 0 Å². The fraction of sp³-hybridized carbons (Fsp3) is 1.00. The SMILES string of the molecule is NC1CC(NC2CC3CCC2CC3)C1. The number of nitrogens with two attached hydrogens (primary N) is 1. The van der Waals surface area contributed by atoms with Crippen LogP contribution >= 0.6 is 0 Å². The molecular formula is C12H22N2. The maximum absolute atomic E-state index is 5.81. The number of nitrogens with one attached hydrogen (secondary N) is 1. The minimum atomic E-state index is 0.494. The van der Waals surface area contributed by atoms with E-state index in [1.54, 1.807) is 0 Å². The van der Waals surface area contributed by atoms with Gasteiger partial charge in [-0.15, -0.1) is 0 Å². The Bertz CT molecular complexity index is 202. The van der Waals surface area contributed by atoms with Crippen LogP contribution in [-0.4, -0.2) is 18.1 Å². The van der Waals surface area contributed by atoms with Gasteiger partial charge in [-0.1, -0.05) is 12.8 Å². The fourth-order valence-corrected chi connectivity index (χ4v) is 3.68. The van der Waals surface area contributed by atoms with Crippen molar-refractivity contribution in [1.29, 1.82) is 0 Å². The Hall–Kier alpha value is -0.0800. The molecule has 0 aromatic heterocycles. The second kappa shape index (κ2) is 3.49. The van der Waals surface area contributed by atoms with Gasteiger partial charge >= 0.3 is 0 Å². The van der Waals surface area contributed by atoms with Gasteiger partial charge in [0.15, 0.2) is 0 Å². The molecule has 0 heterocycles. The van der Waals surface area contributed by atoms with Crippen LogP contribution < -0.4 is 11.1 Å². The smallest absolute Gasteiger partial charge is 0.0101 e. The Kier molecular flexibility index (Phi) is 2.29. The Morgan fingerprint density at radius 1 is 0.929 bits per heavy atom. The summed E-state index contributed by atoms with van der Waals surface area (Å²) in [6.07, 6.45) is 9.88. The molecule has 4 rings (SSSR count). The van der Waals surface area contributed by atoms with Gasteiger partial charge in [0.25, 0.3) is 0 Å². The molecule has 3 N–H and O–H groups in total. The Labute approximate surface area is 86.6 Å². The standard InChI is InChI=1S/C12H22N2/c13-10-6-11(7-10)14-12-5-8-1-3-9(12)4-2-8/h8-12,14H,1-7,13H2. The predicted octanol–water partition coefficient (Wildman–Crippen LogP) is 1.64. The summed E-state index contributed by atoms with van der Waals surface area (Å²) in [5.74, 6) is 2.04. The molecule has 4 fully saturated rings. The van der Waals surface area contributed by atoms with Crippen molar-refractivity contribution >= 4 is 0 Å². The van der Waals surface area contributed by atoms with Gasteiger partial charge in [0.2, 0.25) is 0 Å². The summed E-state index contributed by atoms with van der Waals surface area (Å²) < 4.78 is 0. The molecular weight excluding hydrogens is 172 g/mol. The molecule has 0 radical (unpaired) electrons. The highest BCUT2D eigenvalue weighted by atomic mass is 15.0. The van der Waals surface area contributed by atoms with E-state index in [-0.39, 0.29) is 0 Å². The first-order valence-corrected chi connectivity index (χ1v) is 6.33. The summed E-state index contributed by atoms with van der Waals surface area (Å²) in [7, 11) is 0. The van der Waals surface area contributed by atoms with E-state index in [0.29, 0.717) is 6.04 Å². The molecule has 0 aromatic carbocycles. The van der Waals surface area contributed by atoms with Crippen molar-refractivity contribution in [2.24, 2.45) is 17.6 Å². The summed E-state index contributed by atoms with van der Waals surface area (Å²) in [5.41, 5.74) is 5.81. The van der Waals surface area contributed by atoms with Crippen LogP contribution in [-0.2, 0) is 0 Å². The average Bonchev–Trinajstić information content (AvgIpc) is 2.17. The predicted molar refractivity (Wildman–Crippen MR) is 58.0 cm³/mol. The van der Waals surface area contributed by atoms with Crippen molar-refractivity contribution in [2.75, 3.05) is 0 Å². The first-order valence-electron chi connectivity index (χ1n) is 6.33. The van der Waals surface area contributed by atoms with E-state index in [2.05, 4.69) is 5.32 Å². The normalized spacial score (nSPS) is 51.6. The van der Waals surface area contributed by atoms with Crippen LogP contribution in [0.15, 0.2) is 0 Å². The van der Waals surface area contributed by atoms with Crippen molar-refractivity contribution in [3.05, 3.63) is 0 Å². The average molecular weight is 194 g/mol. The van der Waals surface area contributed by atoms with Gasteiger partial charge < -0.3 is 11.1 Å². The zero-order chi connectivity index (χ0) is 9.54. The summed E-state index contributed by atoms with van der Waals surface area (Å²) >= 11 is 0. The van der Waals surface area contributed by atoms with E-state index in [9.17, 15) is 0 Å². The molecule has 80 valence electrons. The Morgan fingerprint density at radius 2 is 1.64 bits per heavy atom. The summed E-state index contributed by atoms with van der Waals surface area (Å²) in [4.78, 5) is 0. The van der Waals surface area contributed by atoms with E-state index in [4.69, 9.17) is 5.73 Å². The topological polar surface area (TPSA) is 38.0 Å². The zero-order valence-corrected chi connectivity index (χ0v) is 8.91. The van der Waals surface area contributed by atoms with Crippen LogP contribution in [0.25, 0.3) is 0 Å². The van der Waals surface area contributed by atoms with Crippen LogP contribution in [0.3, 0.4) is 0 Å². The fourth-order valence-electron chi connectivity index (χ4n) is 3.68. The minimum absolute atomic E-state index is 0.494. The Morgan fingerprint density at radius 3 is 2.14 bits per heavy atom. The molecule has 2 heteroatoms. The number of hydrogen-bond donors (Lipinski definition) is 2. The zero-order valence-electron chi connectivity index (χ0n) is 8.91. The lowest BCUT2D eigenvalue weighted by molar-refractivity contribution is 0.101. The lowest BCUT2D eigenvalue weighted by Crippen LogP contribution is -2.55. The van der Waals surface area contributed by atoms with Crippen molar-refractivity contribution in [2.45, 2.75) is 63.1 Å². The van der Waals surface area contributed by atoms with Crippen LogP contribution in [0.4, 0.5) is 0 Å². The second-order valence-electron chi connectivity index (χ2n) is 5.72. The van der Waals surface area contributed by atoms with Gasteiger partial charge in [0, 0.05) is 18.1 Å². The number of rotatable bonds is 2. The van der Waals surface area contributed by atoms with Gasteiger partial charge in [-0.3, -0.25) is 0 Å². The molecule has 1 unspecified atom stereocenters. The van der Waals surface area contributed by atoms with Crippen LogP contribution in [0.1, 0.15) is 44.9 Å². The third kappa shape index (κ3) is 1.59. The highest BCUT2D eigenvalue weighted by molar-refractivity contribution is 4.96. The molecule has 0 aromatic rings. The number of hydrogen-bond acceptors (Lipinski definition) is 2. The molecule has 2 bridgehead atoms. The first kappa shape index (κ1) is 9.17. The third-order valence-electron chi connectivity index (χ3n) is 4.67. The van der Waals surface area contributed by atoms with Gasteiger partial charge in [-0.2, -0.15) is 0 Å². The lowest BCUT2D eigenvalue weighted by Gasteiger charge is -2.46. The van der Waals surface area contributed by atoms with E-state index >= 15 is 0 Å². The molecule has 0 amide bonds. The largest absolute Gasteiger partial charge is 0.328 e. The van der Waals surface area contributed by atoms with E-state index in [0.717, 1.165) is 23.9 Å². The summed E-state index contributed by atoms with van der Waals surface area (Å²) in [5, 5.41) is 3.84. The van der Waals surface area contributed by atoms with Gasteiger partial charge in [-0.05, 0) is 43.9 Å². The van der Waals surface area contributed by atoms with Crippen molar-refractivity contribution in [3.8, 4) is 0 Å². The van der Waals surface area contributed by atoms with Crippen LogP contribution in [0.5, 0.6) is 0 Å². The monoisotopic (exact) mass is 194 g/mol. The lowest BCUT2D eigenvalue weighted by atomic mass is 9.67. The quantitative estimate of drug-likeness (QED) is 0.701. The summed E-state index contributed by atoms with van der Waals surface area (Å²) in [6, 6.07) is 2.10. The highest BCUT2D eigenvalue weighted by Crippen LogP contribution is 2.41. The molecule has 0 aliphatic heterocycles. The molecule has 4 saturated carbocycles. The summed E-state index contributed by atoms with van der Waals surface area (Å²) in [6.45, 7) is 0. The molecule has 0 spiro atoms. The van der Waals surface area contributed by atoms with Crippen LogP contribution in [0, 0.1) is 11.8 Å². The highest BCUT2D eigenvalue weighted by Gasteiger charge is 2.38. The molecule has 2 nitrogen and oxygen atoms in total. The second-order valence-corrected chi connectivity index (χ2v) is 5.72. The molecule has 14 heavy (non-hydrogen) atoms. The van der Waals surface area contributed by atoms with Gasteiger partial charge in [-0.25, -0.2) is 0 Å². The molecule has 0 saturated heterocycles. The van der Waals surface area contributed by atoms with Crippen molar-refractivity contribution in [3.63, 3.8) is 0 Å². The molecule has 4 aliphatic rings. The van der Waals surface area contributed by atoms with Crippen molar-refractivity contribution < 1.29 is 0 Å². The van der Waals surface area contributed by atoms with Gasteiger partial charge in [0.1, 0.15) is 0 Å². The first-order chi connectivity index (χ1) is 6.81. The maximum atomic E-state index is 5.81. The maximum Gasteiger partial charge on any atom is 0.0101 e. The molecule has 4 aliphatic carbocycles. The van der Waals surface area contributed by atoms with E-state index < -0.39 is 0 Å². The minimum Gasteiger partial charge on any atom is -0.328 e. The number of fused-ring (bicyclic) bond motifs is 3. The van der Waals surface area contributed by atoms with E-state index in [1.165, 1.54) is 44.9 Å². The van der Waals surface area contributed by atoms with Crippen LogP contribution in [0.2, 0.25) is 0 Å². The van der Waals surface area contributed by atoms with E-state index in [1.807, 2.05) is 0 Å². The molecule has 1 atom stereocenters. The Balaban J connectivity index is 1.53. The van der Waals surface area contributed by atoms with Crippen molar-refractivity contribution in [1.82, 2.24) is 5.32 Å².